The van der Waals surface area contributed by atoms with Crippen LogP contribution in [-0.4, -0.2) is 23.3 Å². The van der Waals surface area contributed by atoms with Gasteiger partial charge in [0.25, 0.3) is 5.91 Å². The Balaban J connectivity index is 1.69. The predicted octanol–water partition coefficient (Wildman–Crippen LogP) is 3.62. The second-order valence-corrected chi connectivity index (χ2v) is 7.78. The molecule has 3 N–H and O–H groups in total. The Morgan fingerprint density at radius 3 is 2.77 bits per heavy atom. The average molecular weight is 402 g/mol. The highest BCUT2D eigenvalue weighted by molar-refractivity contribution is 5.98. The van der Waals surface area contributed by atoms with Gasteiger partial charge in [-0.1, -0.05) is 30.3 Å². The molecule has 3 aromatic rings. The summed E-state index contributed by atoms with van der Waals surface area (Å²) in [6.45, 7) is 4.93. The van der Waals surface area contributed by atoms with Gasteiger partial charge in [-0.2, -0.15) is 0 Å². The SMILES string of the molecule is Cc1ccc(CN)cc1C(=O)NC(C)c1cc(N2CCCC2=O)nc2ccccc12. The zero-order valence-electron chi connectivity index (χ0n) is 17.3. The van der Waals surface area contributed by atoms with Gasteiger partial charge >= 0.3 is 0 Å². The van der Waals surface area contributed by atoms with Crippen molar-refractivity contribution in [2.45, 2.75) is 39.3 Å². The Labute approximate surface area is 176 Å². The number of pyridine rings is 1. The van der Waals surface area contributed by atoms with Crippen molar-refractivity contribution >= 4 is 28.5 Å². The highest BCUT2D eigenvalue weighted by Crippen LogP contribution is 2.30. The first-order valence-electron chi connectivity index (χ1n) is 10.3. The molecule has 0 radical (unpaired) electrons. The van der Waals surface area contributed by atoms with Crippen molar-refractivity contribution < 1.29 is 9.59 Å². The lowest BCUT2D eigenvalue weighted by Gasteiger charge is -2.21. The van der Waals surface area contributed by atoms with Crippen LogP contribution >= 0.6 is 0 Å². The maximum absolute atomic E-state index is 13.0. The van der Waals surface area contributed by atoms with Crippen molar-refractivity contribution in [3.8, 4) is 0 Å². The summed E-state index contributed by atoms with van der Waals surface area (Å²) in [5.41, 5.74) is 9.94. The highest BCUT2D eigenvalue weighted by atomic mass is 16.2. The summed E-state index contributed by atoms with van der Waals surface area (Å²) in [5.74, 6) is 0.596. The molecular formula is C24H26N4O2. The lowest BCUT2D eigenvalue weighted by atomic mass is 10.0. The average Bonchev–Trinajstić information content (AvgIpc) is 3.19. The van der Waals surface area contributed by atoms with Crippen molar-refractivity contribution in [3.05, 3.63) is 70.8 Å². The van der Waals surface area contributed by atoms with Gasteiger partial charge in [0.1, 0.15) is 5.82 Å². The molecule has 4 rings (SSSR count). The highest BCUT2D eigenvalue weighted by Gasteiger charge is 2.25. The molecule has 0 saturated carbocycles. The third-order valence-corrected chi connectivity index (χ3v) is 5.68. The summed E-state index contributed by atoms with van der Waals surface area (Å²) in [5, 5.41) is 4.08. The van der Waals surface area contributed by atoms with Gasteiger partial charge < -0.3 is 11.1 Å². The molecule has 1 aliphatic rings. The number of anilines is 1. The normalized spacial score (nSPS) is 14.9. The van der Waals surface area contributed by atoms with E-state index in [2.05, 4.69) is 5.32 Å². The maximum Gasteiger partial charge on any atom is 0.252 e. The largest absolute Gasteiger partial charge is 0.345 e. The summed E-state index contributed by atoms with van der Waals surface area (Å²) >= 11 is 0. The Bertz CT molecular complexity index is 1130. The van der Waals surface area contributed by atoms with Gasteiger partial charge in [-0.05, 0) is 55.2 Å². The van der Waals surface area contributed by atoms with E-state index in [0.717, 1.165) is 34.0 Å². The maximum atomic E-state index is 13.0. The van der Waals surface area contributed by atoms with Crippen LogP contribution in [-0.2, 0) is 11.3 Å². The van der Waals surface area contributed by atoms with Crippen molar-refractivity contribution in [2.24, 2.45) is 5.73 Å². The molecule has 0 aliphatic carbocycles. The minimum absolute atomic E-state index is 0.0923. The molecule has 0 bridgehead atoms. The number of amides is 2. The molecule has 2 heterocycles. The van der Waals surface area contributed by atoms with Crippen LogP contribution in [0.4, 0.5) is 5.82 Å². The third kappa shape index (κ3) is 3.78. The molecule has 1 aliphatic heterocycles. The molecule has 154 valence electrons. The van der Waals surface area contributed by atoms with Crippen LogP contribution in [0.3, 0.4) is 0 Å². The van der Waals surface area contributed by atoms with Gasteiger partial charge in [0.2, 0.25) is 5.91 Å². The molecule has 2 amide bonds. The van der Waals surface area contributed by atoms with Crippen molar-refractivity contribution in [1.82, 2.24) is 10.3 Å². The van der Waals surface area contributed by atoms with E-state index in [1.165, 1.54) is 0 Å². The van der Waals surface area contributed by atoms with Crippen LogP contribution in [0.1, 0.15) is 52.9 Å². The lowest BCUT2D eigenvalue weighted by Crippen LogP contribution is -2.29. The Morgan fingerprint density at radius 2 is 2.03 bits per heavy atom. The topological polar surface area (TPSA) is 88.3 Å². The molecule has 1 fully saturated rings. The number of nitrogens with zero attached hydrogens (tertiary/aromatic N) is 2. The number of aromatic nitrogens is 1. The van der Waals surface area contributed by atoms with Crippen LogP contribution in [0.15, 0.2) is 48.5 Å². The van der Waals surface area contributed by atoms with E-state index >= 15 is 0 Å². The summed E-state index contributed by atoms with van der Waals surface area (Å²) in [4.78, 5) is 31.7. The van der Waals surface area contributed by atoms with E-state index in [-0.39, 0.29) is 17.9 Å². The summed E-state index contributed by atoms with van der Waals surface area (Å²) < 4.78 is 0. The Hall–Kier alpha value is -3.25. The van der Waals surface area contributed by atoms with Crippen LogP contribution in [0.2, 0.25) is 0 Å². The van der Waals surface area contributed by atoms with Gasteiger partial charge in [0.15, 0.2) is 0 Å². The molecule has 1 saturated heterocycles. The number of para-hydroxylation sites is 1. The minimum atomic E-state index is -0.261. The number of rotatable bonds is 5. The van der Waals surface area contributed by atoms with Crippen LogP contribution in [0, 0.1) is 6.92 Å². The van der Waals surface area contributed by atoms with Crippen LogP contribution in [0.25, 0.3) is 10.9 Å². The molecule has 6 heteroatoms. The Morgan fingerprint density at radius 1 is 1.23 bits per heavy atom. The number of benzene rings is 2. The van der Waals surface area contributed by atoms with E-state index in [4.69, 9.17) is 10.7 Å². The van der Waals surface area contributed by atoms with E-state index in [1.54, 1.807) is 4.90 Å². The summed E-state index contributed by atoms with van der Waals surface area (Å²) in [7, 11) is 0. The van der Waals surface area contributed by atoms with Crippen molar-refractivity contribution in [3.63, 3.8) is 0 Å². The first kappa shape index (κ1) is 20.0. The second-order valence-electron chi connectivity index (χ2n) is 7.78. The summed E-state index contributed by atoms with van der Waals surface area (Å²) in [6, 6.07) is 15.2. The number of hydrogen-bond donors (Lipinski definition) is 2. The quantitative estimate of drug-likeness (QED) is 0.682. The second kappa shape index (κ2) is 8.24. The number of nitrogens with two attached hydrogens (primary N) is 1. The van der Waals surface area contributed by atoms with Gasteiger partial charge in [-0.15, -0.1) is 0 Å². The van der Waals surface area contributed by atoms with Crippen LogP contribution < -0.4 is 16.0 Å². The smallest absolute Gasteiger partial charge is 0.252 e. The fraction of sp³-hybridized carbons (Fsp3) is 0.292. The lowest BCUT2D eigenvalue weighted by molar-refractivity contribution is -0.117. The molecule has 6 nitrogen and oxygen atoms in total. The number of carbonyl (C=O) groups excluding carboxylic acids is 2. The molecule has 30 heavy (non-hydrogen) atoms. The van der Waals surface area contributed by atoms with Crippen LogP contribution in [0.5, 0.6) is 0 Å². The van der Waals surface area contributed by atoms with Gasteiger partial charge in [0.05, 0.1) is 11.6 Å². The first-order chi connectivity index (χ1) is 14.5. The monoisotopic (exact) mass is 402 g/mol. The zero-order chi connectivity index (χ0) is 21.3. The number of fused-ring (bicyclic) bond motifs is 1. The van der Waals surface area contributed by atoms with E-state index in [1.807, 2.05) is 62.4 Å². The molecule has 1 aromatic heterocycles. The van der Waals surface area contributed by atoms with Gasteiger partial charge in [0, 0.05) is 30.5 Å². The number of aryl methyl sites for hydroxylation is 1. The van der Waals surface area contributed by atoms with Gasteiger partial charge in [-0.3, -0.25) is 14.5 Å². The summed E-state index contributed by atoms with van der Waals surface area (Å²) in [6.07, 6.45) is 1.39. The van der Waals surface area contributed by atoms with E-state index in [0.29, 0.717) is 30.9 Å². The molecule has 1 unspecified atom stereocenters. The standard InChI is InChI=1S/C24H26N4O2/c1-15-9-10-17(14-25)12-19(15)24(30)26-16(2)20-13-22(28-11-5-8-23(28)29)27-21-7-4-3-6-18(20)21/h3-4,6-7,9-10,12-13,16H,5,8,11,14,25H2,1-2H3,(H,26,30). The zero-order valence-corrected chi connectivity index (χ0v) is 17.3. The van der Waals surface area contributed by atoms with E-state index < -0.39 is 0 Å². The molecule has 1 atom stereocenters. The number of carbonyl (C=O) groups is 2. The minimum Gasteiger partial charge on any atom is -0.345 e. The first-order valence-corrected chi connectivity index (χ1v) is 10.3. The molecule has 0 spiro atoms. The fourth-order valence-corrected chi connectivity index (χ4v) is 3.97. The molecule has 2 aromatic carbocycles. The predicted molar refractivity (Wildman–Crippen MR) is 118 cm³/mol. The van der Waals surface area contributed by atoms with Gasteiger partial charge in [-0.25, -0.2) is 4.98 Å². The Kier molecular flexibility index (Phi) is 5.50. The number of nitrogens with one attached hydrogen (secondary N) is 1. The van der Waals surface area contributed by atoms with Crippen molar-refractivity contribution in [1.29, 1.82) is 0 Å². The van der Waals surface area contributed by atoms with E-state index in [9.17, 15) is 9.59 Å². The fourth-order valence-electron chi connectivity index (χ4n) is 3.97. The third-order valence-electron chi connectivity index (χ3n) is 5.68. The molecular weight excluding hydrogens is 376 g/mol. The van der Waals surface area contributed by atoms with Crippen molar-refractivity contribution in [2.75, 3.05) is 11.4 Å². The number of hydrogen-bond acceptors (Lipinski definition) is 4.